The van der Waals surface area contributed by atoms with Gasteiger partial charge in [-0.3, -0.25) is 9.78 Å². The molecule has 0 fully saturated rings. The van der Waals surface area contributed by atoms with E-state index in [0.29, 0.717) is 0 Å². The second kappa shape index (κ2) is 4.56. The number of nitrogens with zero attached hydrogens (tertiary/aromatic N) is 1. The molecule has 0 aliphatic carbocycles. The zero-order valence-electron chi connectivity index (χ0n) is 8.66. The molecule has 2 heterocycles. The number of pyridine rings is 2. The van der Waals surface area contributed by atoms with Gasteiger partial charge < -0.3 is 4.98 Å². The van der Waals surface area contributed by atoms with Gasteiger partial charge in [-0.25, -0.2) is 0 Å². The number of fused-ring (bicyclic) bond motifs is 1. The largest absolute Gasteiger partial charge is 0.321 e. The van der Waals surface area contributed by atoms with Crippen molar-refractivity contribution >= 4 is 11.0 Å². The van der Waals surface area contributed by atoms with Crippen molar-refractivity contribution in [3.05, 3.63) is 40.3 Å². The molecule has 0 saturated carbocycles. The summed E-state index contributed by atoms with van der Waals surface area (Å²) in [5.74, 6) is 0. The molecule has 3 nitrogen and oxygen atoms in total. The number of aryl methyl sites for hydroxylation is 1. The maximum atomic E-state index is 10.9. The summed E-state index contributed by atoms with van der Waals surface area (Å²) in [5.41, 5.74) is 2.57. The molecule has 74 valence electrons. The molecule has 0 spiro atoms. The average Bonchev–Trinajstić information content (AvgIpc) is 2.20. The number of nitrogens with one attached hydrogen (secondary N) is 1. The lowest BCUT2D eigenvalue weighted by atomic mass is 10.2. The highest BCUT2D eigenvalue weighted by Crippen LogP contribution is 2.06. The van der Waals surface area contributed by atoms with Crippen molar-refractivity contribution < 1.29 is 0 Å². The van der Waals surface area contributed by atoms with Gasteiger partial charge in [0.25, 0.3) is 0 Å². The third-order valence-corrected chi connectivity index (χ3v) is 1.71. The van der Waals surface area contributed by atoms with E-state index in [1.54, 1.807) is 12.3 Å². The van der Waals surface area contributed by atoms with Gasteiger partial charge in [0, 0.05) is 12.3 Å². The van der Waals surface area contributed by atoms with Crippen LogP contribution >= 0.6 is 0 Å². The van der Waals surface area contributed by atoms with Crippen LogP contribution < -0.4 is 5.56 Å². The molecule has 0 radical (unpaired) electrons. The molecule has 0 bridgehead atoms. The highest BCUT2D eigenvalue weighted by Gasteiger charge is 1.94. The number of hydrogen-bond acceptors (Lipinski definition) is 2. The number of rotatable bonds is 0. The monoisotopic (exact) mass is 190 g/mol. The molecule has 0 saturated heterocycles. The Morgan fingerprint density at radius 3 is 2.71 bits per heavy atom. The van der Waals surface area contributed by atoms with Crippen LogP contribution in [0.4, 0.5) is 0 Å². The van der Waals surface area contributed by atoms with E-state index in [2.05, 4.69) is 9.97 Å². The van der Waals surface area contributed by atoms with E-state index in [-0.39, 0.29) is 5.56 Å². The molecule has 2 rings (SSSR count). The van der Waals surface area contributed by atoms with E-state index in [0.717, 1.165) is 16.6 Å². The number of hydrogen-bond donors (Lipinski definition) is 1. The first-order valence-corrected chi connectivity index (χ1v) is 4.71. The third kappa shape index (κ3) is 2.19. The minimum Gasteiger partial charge on any atom is -0.321 e. The van der Waals surface area contributed by atoms with E-state index in [1.807, 2.05) is 26.8 Å². The van der Waals surface area contributed by atoms with Crippen LogP contribution in [0.3, 0.4) is 0 Å². The molecule has 2 aromatic heterocycles. The van der Waals surface area contributed by atoms with Crippen molar-refractivity contribution in [2.24, 2.45) is 0 Å². The molecule has 2 aromatic rings. The summed E-state index contributed by atoms with van der Waals surface area (Å²) < 4.78 is 0. The lowest BCUT2D eigenvalue weighted by Gasteiger charge is -1.96. The van der Waals surface area contributed by atoms with Gasteiger partial charge in [0.05, 0.1) is 11.0 Å². The molecular formula is C11H14N2O. The van der Waals surface area contributed by atoms with Crippen LogP contribution in [-0.4, -0.2) is 9.97 Å². The minimum absolute atomic E-state index is 0.0881. The van der Waals surface area contributed by atoms with Crippen molar-refractivity contribution in [1.29, 1.82) is 0 Å². The summed E-state index contributed by atoms with van der Waals surface area (Å²) in [5, 5.41) is 0. The summed E-state index contributed by atoms with van der Waals surface area (Å²) in [6.07, 6.45) is 1.78. The van der Waals surface area contributed by atoms with Crippen molar-refractivity contribution in [2.75, 3.05) is 0 Å². The smallest absolute Gasteiger partial charge is 0.248 e. The summed E-state index contributed by atoms with van der Waals surface area (Å²) in [4.78, 5) is 17.8. The fourth-order valence-electron chi connectivity index (χ4n) is 1.14. The van der Waals surface area contributed by atoms with E-state index >= 15 is 0 Å². The molecule has 0 aromatic carbocycles. The lowest BCUT2D eigenvalue weighted by molar-refractivity contribution is 1.25. The highest BCUT2D eigenvalue weighted by molar-refractivity contribution is 5.73. The third-order valence-electron chi connectivity index (χ3n) is 1.71. The van der Waals surface area contributed by atoms with Crippen LogP contribution in [0.1, 0.15) is 19.4 Å². The highest BCUT2D eigenvalue weighted by atomic mass is 16.1. The second-order valence-corrected chi connectivity index (χ2v) is 2.77. The van der Waals surface area contributed by atoms with Crippen LogP contribution in [0, 0.1) is 6.92 Å². The Morgan fingerprint density at radius 2 is 2.00 bits per heavy atom. The van der Waals surface area contributed by atoms with Gasteiger partial charge in [-0.05, 0) is 24.6 Å². The molecule has 0 aliphatic rings. The Kier molecular flexibility index (Phi) is 3.40. The molecule has 0 atom stereocenters. The number of aromatic amines is 1. The minimum atomic E-state index is -0.0881. The van der Waals surface area contributed by atoms with E-state index in [4.69, 9.17) is 0 Å². The molecule has 1 N–H and O–H groups in total. The maximum absolute atomic E-state index is 10.9. The van der Waals surface area contributed by atoms with Crippen LogP contribution in [0.2, 0.25) is 0 Å². The van der Waals surface area contributed by atoms with E-state index in [9.17, 15) is 4.79 Å². The van der Waals surface area contributed by atoms with Crippen LogP contribution in [-0.2, 0) is 0 Å². The van der Waals surface area contributed by atoms with Gasteiger partial charge in [0.15, 0.2) is 0 Å². The summed E-state index contributed by atoms with van der Waals surface area (Å²) >= 11 is 0. The SMILES string of the molecule is CC.Cc1cnc2ccc(=O)[nH]c2c1. The number of H-pyrrole nitrogens is 1. The summed E-state index contributed by atoms with van der Waals surface area (Å²) in [6.45, 7) is 5.94. The lowest BCUT2D eigenvalue weighted by Crippen LogP contribution is -2.02. The fourth-order valence-corrected chi connectivity index (χ4v) is 1.14. The Labute approximate surface area is 82.8 Å². The van der Waals surface area contributed by atoms with Crippen molar-refractivity contribution in [3.63, 3.8) is 0 Å². The zero-order chi connectivity index (χ0) is 10.6. The van der Waals surface area contributed by atoms with Gasteiger partial charge in [0.1, 0.15) is 0 Å². The molecular weight excluding hydrogens is 176 g/mol. The van der Waals surface area contributed by atoms with Crippen LogP contribution in [0.25, 0.3) is 11.0 Å². The molecule has 0 amide bonds. The first kappa shape index (κ1) is 10.4. The predicted molar refractivity (Wildman–Crippen MR) is 58.4 cm³/mol. The van der Waals surface area contributed by atoms with Gasteiger partial charge in [-0.2, -0.15) is 0 Å². The molecule has 0 aliphatic heterocycles. The Morgan fingerprint density at radius 1 is 1.29 bits per heavy atom. The van der Waals surface area contributed by atoms with E-state index in [1.165, 1.54) is 6.07 Å². The topological polar surface area (TPSA) is 45.8 Å². The summed E-state index contributed by atoms with van der Waals surface area (Å²) in [7, 11) is 0. The quantitative estimate of drug-likeness (QED) is 0.692. The van der Waals surface area contributed by atoms with Crippen molar-refractivity contribution in [1.82, 2.24) is 9.97 Å². The Hall–Kier alpha value is -1.64. The van der Waals surface area contributed by atoms with Gasteiger partial charge in [-0.1, -0.05) is 13.8 Å². The van der Waals surface area contributed by atoms with Crippen molar-refractivity contribution in [3.8, 4) is 0 Å². The Balaban J connectivity index is 0.000000461. The summed E-state index contributed by atoms with van der Waals surface area (Å²) in [6, 6.07) is 5.10. The maximum Gasteiger partial charge on any atom is 0.248 e. The zero-order valence-corrected chi connectivity index (χ0v) is 8.66. The normalized spacial score (nSPS) is 9.36. The Bertz CT molecular complexity index is 474. The van der Waals surface area contributed by atoms with Gasteiger partial charge in [0.2, 0.25) is 5.56 Å². The van der Waals surface area contributed by atoms with Crippen molar-refractivity contribution in [2.45, 2.75) is 20.8 Å². The second-order valence-electron chi connectivity index (χ2n) is 2.77. The molecule has 14 heavy (non-hydrogen) atoms. The van der Waals surface area contributed by atoms with Gasteiger partial charge in [-0.15, -0.1) is 0 Å². The van der Waals surface area contributed by atoms with Crippen LogP contribution in [0.5, 0.6) is 0 Å². The van der Waals surface area contributed by atoms with E-state index < -0.39 is 0 Å². The first-order valence-electron chi connectivity index (χ1n) is 4.71. The van der Waals surface area contributed by atoms with Gasteiger partial charge >= 0.3 is 0 Å². The standard InChI is InChI=1S/C9H8N2O.C2H6/c1-6-4-8-7(10-5-6)2-3-9(12)11-8;1-2/h2-5H,1H3,(H,11,12);1-2H3. The predicted octanol–water partition coefficient (Wildman–Crippen LogP) is 2.26. The van der Waals surface area contributed by atoms with Crippen LogP contribution in [0.15, 0.2) is 29.2 Å². The average molecular weight is 190 g/mol. The molecule has 3 heteroatoms. The fraction of sp³-hybridized carbons (Fsp3) is 0.273. The number of aromatic nitrogens is 2. The molecule has 0 unspecified atom stereocenters. The first-order chi connectivity index (χ1) is 6.75.